The van der Waals surface area contributed by atoms with Crippen molar-refractivity contribution in [3.63, 3.8) is 0 Å². The average Bonchev–Trinajstić information content (AvgIpc) is 3.38. The summed E-state index contributed by atoms with van der Waals surface area (Å²) >= 11 is 0. The molecule has 16 nitrogen and oxygen atoms in total. The minimum atomic E-state index is -4.89. The number of fused-ring (bicyclic) bond motifs is 1. The molecule has 6 rings (SSSR count). The van der Waals surface area contributed by atoms with Crippen LogP contribution >= 0.6 is 0 Å². The van der Waals surface area contributed by atoms with Crippen LogP contribution in [0.25, 0.3) is 10.8 Å². The Kier molecular flexibility index (Phi) is 13.2. The first kappa shape index (κ1) is 41.5. The van der Waals surface area contributed by atoms with Crippen molar-refractivity contribution < 1.29 is 100 Å². The molecule has 1 atom stereocenters. The number of carbonyl (C=O) groups is 1. The van der Waals surface area contributed by atoms with Crippen molar-refractivity contribution in [1.82, 2.24) is 0 Å². The van der Waals surface area contributed by atoms with E-state index in [0.29, 0.717) is 17.1 Å². The molecule has 258 valence electrons. The van der Waals surface area contributed by atoms with E-state index in [1.807, 2.05) is 0 Å². The molecule has 1 amide bonds. The van der Waals surface area contributed by atoms with Gasteiger partial charge in [0.05, 0.1) is 39.0 Å². The summed E-state index contributed by atoms with van der Waals surface area (Å²) in [5, 5.41) is 47.4. The van der Waals surface area contributed by atoms with Gasteiger partial charge in [-0.1, -0.05) is 42.1 Å². The second-order valence-corrected chi connectivity index (χ2v) is 13.7. The van der Waals surface area contributed by atoms with Crippen LogP contribution in [-0.2, 0) is 25.0 Å². The number of aliphatic imine (C=N–C) groups is 1. The molecule has 1 heterocycles. The molecule has 53 heavy (non-hydrogen) atoms. The zero-order valence-electron chi connectivity index (χ0n) is 28.1. The van der Waals surface area contributed by atoms with Crippen LogP contribution in [0.4, 0.5) is 28.4 Å². The van der Waals surface area contributed by atoms with Gasteiger partial charge in [-0.05, 0) is 95.9 Å². The number of amides is 1. The molecular weight excluding hydrogens is 749 g/mol. The Balaban J connectivity index is 0.00000314. The Morgan fingerprint density at radius 3 is 2.02 bits per heavy atom. The SMILES string of the molecule is CC1=NN(c2ccc(S(=O)(=O)O)cc2)C(=O)C1N=Nc1ccc(C([O-])=Nc2ccc3c([O-])c(N=Nc4ccccc4)c(S(=O)(=O)O)cc3c2)cc1.[Na+].[Na+]. The smallest absolute Gasteiger partial charge is 0.871 e. The van der Waals surface area contributed by atoms with E-state index in [9.17, 15) is 36.4 Å². The molecular formula is C33H23N7Na2O9S2. The minimum absolute atomic E-state index is 0. The Hall–Kier alpha value is -4.21. The molecule has 1 unspecified atom stereocenters. The fourth-order valence-corrected chi connectivity index (χ4v) is 6.03. The standard InChI is InChI=1S/C33H25N7O9S2.2Na/c1-19-29(33(43)40(39-19)25-12-14-26(15-13-25)50(44,45)46)37-36-23-9-7-20(8-10-23)32(42)34-24-11-16-27-21(17-24)18-28(51(47,48)49)30(31(27)41)38-35-22-5-3-2-4-6-22;;/h2-18,29,41H,1H3,(H,34,42)(H,44,45,46)(H,47,48,49);;/q;2*+1/p-2. The number of hydrazone groups is 1. The van der Waals surface area contributed by atoms with Crippen LogP contribution < -0.4 is 74.3 Å². The topological polar surface area (TPSA) is 249 Å². The Morgan fingerprint density at radius 1 is 0.774 bits per heavy atom. The van der Waals surface area contributed by atoms with E-state index < -0.39 is 54.4 Å². The summed E-state index contributed by atoms with van der Waals surface area (Å²) in [7, 11) is -9.30. The van der Waals surface area contributed by atoms with Crippen molar-refractivity contribution in [3.8, 4) is 5.75 Å². The number of hydrogen-bond donors (Lipinski definition) is 2. The molecule has 0 bridgehead atoms. The first-order chi connectivity index (χ1) is 24.2. The van der Waals surface area contributed by atoms with Crippen molar-refractivity contribution >= 4 is 77.0 Å². The van der Waals surface area contributed by atoms with E-state index in [-0.39, 0.29) is 91.7 Å². The second-order valence-electron chi connectivity index (χ2n) is 10.9. The molecule has 0 saturated carbocycles. The van der Waals surface area contributed by atoms with E-state index in [1.54, 1.807) is 37.3 Å². The number of azo groups is 2. The quantitative estimate of drug-likeness (QED) is 0.0622. The number of carbonyl (C=O) groups excluding carboxylic acids is 1. The monoisotopic (exact) mass is 771 g/mol. The number of benzene rings is 5. The normalized spacial score (nSPS) is 15.1. The van der Waals surface area contributed by atoms with Gasteiger partial charge in [0.25, 0.3) is 26.1 Å². The van der Waals surface area contributed by atoms with E-state index in [1.165, 1.54) is 54.6 Å². The first-order valence-electron chi connectivity index (χ1n) is 14.6. The van der Waals surface area contributed by atoms with Crippen LogP contribution in [0.5, 0.6) is 5.75 Å². The van der Waals surface area contributed by atoms with Gasteiger partial charge in [0.15, 0.2) is 6.04 Å². The zero-order valence-corrected chi connectivity index (χ0v) is 33.7. The van der Waals surface area contributed by atoms with Crippen LogP contribution in [0, 0.1) is 0 Å². The van der Waals surface area contributed by atoms with Crippen molar-refractivity contribution in [2.45, 2.75) is 22.8 Å². The van der Waals surface area contributed by atoms with E-state index in [0.717, 1.165) is 23.2 Å². The number of hydrogen-bond acceptors (Lipinski definition) is 13. The van der Waals surface area contributed by atoms with Crippen LogP contribution in [0.1, 0.15) is 12.5 Å². The summed E-state index contributed by atoms with van der Waals surface area (Å²) in [5.74, 6) is -2.02. The number of anilines is 1. The van der Waals surface area contributed by atoms with Crippen molar-refractivity contribution in [1.29, 1.82) is 0 Å². The van der Waals surface area contributed by atoms with Crippen molar-refractivity contribution in [2.75, 3.05) is 5.01 Å². The van der Waals surface area contributed by atoms with E-state index >= 15 is 0 Å². The largest absolute Gasteiger partial charge is 1.00 e. The van der Waals surface area contributed by atoms with Gasteiger partial charge < -0.3 is 10.2 Å². The van der Waals surface area contributed by atoms with E-state index in [2.05, 4.69) is 30.6 Å². The molecule has 2 N–H and O–H groups in total. The van der Waals surface area contributed by atoms with Gasteiger partial charge in [0, 0.05) is 0 Å². The molecule has 0 radical (unpaired) electrons. The molecule has 5 aromatic carbocycles. The van der Waals surface area contributed by atoms with Gasteiger partial charge in [-0.25, -0.2) is 0 Å². The Bertz CT molecular complexity index is 2530. The number of nitrogens with zero attached hydrogens (tertiary/aromatic N) is 7. The van der Waals surface area contributed by atoms with Crippen molar-refractivity contribution in [3.05, 3.63) is 109 Å². The summed E-state index contributed by atoms with van der Waals surface area (Å²) in [5.41, 5.74) is 0.916. The maximum absolute atomic E-state index is 13.2. The predicted octanol–water partition coefficient (Wildman–Crippen LogP) is -0.856. The van der Waals surface area contributed by atoms with Gasteiger partial charge >= 0.3 is 59.1 Å². The molecule has 0 aliphatic carbocycles. The number of rotatable bonds is 9. The van der Waals surface area contributed by atoms with E-state index in [4.69, 9.17) is 4.55 Å². The molecule has 0 aromatic heterocycles. The third kappa shape index (κ3) is 9.48. The molecule has 0 fully saturated rings. The third-order valence-electron chi connectivity index (χ3n) is 7.42. The maximum Gasteiger partial charge on any atom is 1.00 e. The van der Waals surface area contributed by atoms with Gasteiger partial charge in [-0.15, -0.1) is 5.11 Å². The molecule has 5 aromatic rings. The minimum Gasteiger partial charge on any atom is -0.871 e. The fraction of sp³-hybridized carbons (Fsp3) is 0.0606. The van der Waals surface area contributed by atoms with Crippen LogP contribution in [0.2, 0.25) is 0 Å². The second kappa shape index (κ2) is 16.9. The van der Waals surface area contributed by atoms with Crippen LogP contribution in [-0.4, -0.2) is 49.5 Å². The van der Waals surface area contributed by atoms with Gasteiger partial charge in [0.1, 0.15) is 4.90 Å². The molecule has 0 saturated heterocycles. The summed E-state index contributed by atoms with van der Waals surface area (Å²) in [6.07, 6.45) is 0. The van der Waals surface area contributed by atoms with Gasteiger partial charge in [-0.2, -0.15) is 42.3 Å². The summed E-state index contributed by atoms with van der Waals surface area (Å²) < 4.78 is 66.0. The molecule has 20 heteroatoms. The van der Waals surface area contributed by atoms with Crippen LogP contribution in [0.15, 0.2) is 143 Å². The maximum atomic E-state index is 13.2. The van der Waals surface area contributed by atoms with Crippen molar-refractivity contribution in [2.24, 2.45) is 30.6 Å². The van der Waals surface area contributed by atoms with Gasteiger partial charge in [0.2, 0.25) is 0 Å². The van der Waals surface area contributed by atoms with Crippen LogP contribution in [0.3, 0.4) is 0 Å². The first-order valence-corrected chi connectivity index (χ1v) is 17.5. The Morgan fingerprint density at radius 2 is 1.40 bits per heavy atom. The predicted molar refractivity (Wildman–Crippen MR) is 182 cm³/mol. The molecule has 0 spiro atoms. The third-order valence-corrected chi connectivity index (χ3v) is 9.16. The summed E-state index contributed by atoms with van der Waals surface area (Å²) in [6.45, 7) is 1.57. The Labute approximate surface area is 346 Å². The molecule has 1 aliphatic heterocycles. The average molecular weight is 772 g/mol. The zero-order chi connectivity index (χ0) is 36.5. The molecule has 1 aliphatic rings. The summed E-state index contributed by atoms with van der Waals surface area (Å²) in [4.78, 5) is 15.9. The van der Waals surface area contributed by atoms with Gasteiger partial charge in [-0.3, -0.25) is 18.9 Å². The fourth-order valence-electron chi connectivity index (χ4n) is 4.90. The summed E-state index contributed by atoms with van der Waals surface area (Å²) in [6, 6.07) is 23.0.